The molecule has 0 fully saturated rings. The van der Waals surface area contributed by atoms with Gasteiger partial charge >= 0.3 is 6.09 Å². The third kappa shape index (κ3) is 11.3. The molecule has 42 heavy (non-hydrogen) atoms. The van der Waals surface area contributed by atoms with Gasteiger partial charge in [-0.1, -0.05) is 56.1 Å². The van der Waals surface area contributed by atoms with Gasteiger partial charge in [0.25, 0.3) is 0 Å². The van der Waals surface area contributed by atoms with Gasteiger partial charge in [-0.15, -0.1) is 22.6 Å². The number of alkyl carbamates (subject to hydrolysis) is 1. The average Bonchev–Trinajstić information content (AvgIpc) is 3.47. The third-order valence-corrected chi connectivity index (χ3v) is 6.44. The van der Waals surface area contributed by atoms with E-state index in [-0.39, 0.29) is 12.4 Å². The van der Waals surface area contributed by atoms with E-state index >= 15 is 0 Å². The van der Waals surface area contributed by atoms with Crippen molar-refractivity contribution < 1.29 is 19.0 Å². The maximum absolute atomic E-state index is 11.5. The molecule has 0 radical (unpaired) electrons. The van der Waals surface area contributed by atoms with Gasteiger partial charge in [0.05, 0.1) is 17.9 Å². The summed E-state index contributed by atoms with van der Waals surface area (Å²) in [5.74, 6) is 1.12. The Morgan fingerprint density at radius 3 is 1.67 bits per heavy atom. The number of hydrogen-bond acceptors (Lipinski definition) is 7. The predicted octanol–water partition coefficient (Wildman–Crippen LogP) is 6.36. The zero-order valence-electron chi connectivity index (χ0n) is 24.3. The summed E-state index contributed by atoms with van der Waals surface area (Å²) in [4.78, 5) is 11.5. The molecular formula is C29H37Br2ClN6O4. The number of benzene rings is 2. The fraction of sp³-hybridized carbons (Fsp3) is 0.345. The Morgan fingerprint density at radius 2 is 1.26 bits per heavy atom. The standard InChI is InChI=1S/C17H22BrN3O3.C12H14BrN3O.ClH/c1-17(2,3)24-16(22)19-9-10-23-15-11-14(21(4)20-15)12-5-7-13(18)8-6-12;1-16-11(8-12(15-16)17-7-6-14)9-2-4-10(13)5-3-9;/h5-8,11H,9-10H2,1-4H3,(H,19,22);2-5,8H,6-7,14H2,1H3;1H. The van der Waals surface area contributed by atoms with Crippen molar-refractivity contribution in [1.82, 2.24) is 24.9 Å². The van der Waals surface area contributed by atoms with Gasteiger partial charge in [-0.2, -0.15) is 0 Å². The van der Waals surface area contributed by atoms with Crippen LogP contribution in [0.25, 0.3) is 22.5 Å². The first-order valence-corrected chi connectivity index (χ1v) is 14.6. The first-order chi connectivity index (χ1) is 19.4. The van der Waals surface area contributed by atoms with Crippen molar-refractivity contribution in [2.75, 3.05) is 26.3 Å². The molecule has 2 aromatic heterocycles. The van der Waals surface area contributed by atoms with E-state index in [1.165, 1.54) is 0 Å². The number of nitrogens with two attached hydrogens (primary N) is 1. The molecule has 4 aromatic rings. The molecule has 0 atom stereocenters. The molecule has 13 heteroatoms. The molecule has 4 rings (SSSR count). The van der Waals surface area contributed by atoms with Crippen LogP contribution < -0.4 is 20.5 Å². The Balaban J connectivity index is 0.000000302. The number of nitrogens with one attached hydrogen (secondary N) is 1. The maximum Gasteiger partial charge on any atom is 0.407 e. The van der Waals surface area contributed by atoms with Crippen molar-refractivity contribution in [2.45, 2.75) is 26.4 Å². The molecule has 2 heterocycles. The number of nitrogens with zero attached hydrogens (tertiary/aromatic N) is 4. The van der Waals surface area contributed by atoms with Crippen LogP contribution in [-0.2, 0) is 18.8 Å². The number of aromatic nitrogens is 4. The molecule has 2 aromatic carbocycles. The van der Waals surface area contributed by atoms with Crippen molar-refractivity contribution in [3.8, 4) is 34.3 Å². The number of carbonyl (C=O) groups excluding carboxylic acids is 1. The lowest BCUT2D eigenvalue weighted by Crippen LogP contribution is -2.34. The molecule has 0 aliphatic rings. The molecule has 0 aliphatic heterocycles. The molecule has 10 nitrogen and oxygen atoms in total. The monoisotopic (exact) mass is 726 g/mol. The first kappa shape index (κ1) is 35.1. The summed E-state index contributed by atoms with van der Waals surface area (Å²) >= 11 is 6.84. The van der Waals surface area contributed by atoms with Crippen LogP contribution in [0.15, 0.2) is 69.6 Å². The van der Waals surface area contributed by atoms with E-state index in [2.05, 4.69) is 47.4 Å². The Hall–Kier alpha value is -3.06. The smallest absolute Gasteiger partial charge is 0.407 e. The second-order valence-electron chi connectivity index (χ2n) is 9.91. The second kappa shape index (κ2) is 16.5. The van der Waals surface area contributed by atoms with Gasteiger partial charge in [-0.05, 0) is 56.2 Å². The van der Waals surface area contributed by atoms with Gasteiger partial charge in [-0.3, -0.25) is 9.36 Å². The Kier molecular flexibility index (Phi) is 13.8. The van der Waals surface area contributed by atoms with Crippen LogP contribution in [0.2, 0.25) is 0 Å². The molecule has 228 valence electrons. The van der Waals surface area contributed by atoms with Crippen LogP contribution >= 0.6 is 44.3 Å². The van der Waals surface area contributed by atoms with Crippen molar-refractivity contribution >= 4 is 50.4 Å². The summed E-state index contributed by atoms with van der Waals surface area (Å²) in [6.07, 6.45) is -0.456. The van der Waals surface area contributed by atoms with Crippen LogP contribution in [0.1, 0.15) is 20.8 Å². The molecule has 0 unspecified atom stereocenters. The maximum atomic E-state index is 11.5. The summed E-state index contributed by atoms with van der Waals surface area (Å²) in [6.45, 7) is 7.10. The lowest BCUT2D eigenvalue weighted by atomic mass is 10.1. The molecule has 3 N–H and O–H groups in total. The molecule has 0 spiro atoms. The zero-order chi connectivity index (χ0) is 30.0. The highest BCUT2D eigenvalue weighted by Gasteiger charge is 2.15. The van der Waals surface area contributed by atoms with Crippen LogP contribution in [0.3, 0.4) is 0 Å². The highest BCUT2D eigenvalue weighted by atomic mass is 79.9. The fourth-order valence-corrected chi connectivity index (χ4v) is 4.12. The topological polar surface area (TPSA) is 118 Å². The minimum atomic E-state index is -0.508. The number of rotatable bonds is 9. The van der Waals surface area contributed by atoms with Crippen molar-refractivity contribution in [3.63, 3.8) is 0 Å². The summed E-state index contributed by atoms with van der Waals surface area (Å²) in [6, 6.07) is 19.8. The first-order valence-electron chi connectivity index (χ1n) is 13.0. The van der Waals surface area contributed by atoms with E-state index in [0.29, 0.717) is 38.1 Å². The minimum Gasteiger partial charge on any atom is -0.475 e. The van der Waals surface area contributed by atoms with Gasteiger partial charge in [0, 0.05) is 41.7 Å². The van der Waals surface area contributed by atoms with E-state index in [0.717, 1.165) is 31.5 Å². The lowest BCUT2D eigenvalue weighted by molar-refractivity contribution is 0.0519. The largest absolute Gasteiger partial charge is 0.475 e. The normalized spacial score (nSPS) is 10.7. The number of ether oxygens (including phenoxy) is 3. The predicted molar refractivity (Wildman–Crippen MR) is 174 cm³/mol. The zero-order valence-corrected chi connectivity index (χ0v) is 28.3. The summed E-state index contributed by atoms with van der Waals surface area (Å²) in [5, 5.41) is 11.2. The minimum absolute atomic E-state index is 0. The molecule has 1 amide bonds. The number of halogens is 3. The SMILES string of the molecule is Cl.Cn1nc(OCCN)cc1-c1ccc(Br)cc1.Cn1nc(OCCNC(=O)OC(C)(C)C)cc1-c1ccc(Br)cc1. The highest BCUT2D eigenvalue weighted by Crippen LogP contribution is 2.26. The van der Waals surface area contributed by atoms with Gasteiger partial charge in [-0.25, -0.2) is 4.79 Å². The third-order valence-electron chi connectivity index (χ3n) is 5.38. The Bertz CT molecular complexity index is 1400. The van der Waals surface area contributed by atoms with Crippen LogP contribution in [0, 0.1) is 0 Å². The molecule has 0 aliphatic carbocycles. The Morgan fingerprint density at radius 1 is 0.833 bits per heavy atom. The van der Waals surface area contributed by atoms with Crippen molar-refractivity contribution in [2.24, 2.45) is 19.8 Å². The lowest BCUT2D eigenvalue weighted by Gasteiger charge is -2.19. The number of amides is 1. The molecular weight excluding hydrogens is 692 g/mol. The van der Waals surface area contributed by atoms with Crippen LogP contribution in [0.4, 0.5) is 4.79 Å². The van der Waals surface area contributed by atoms with Gasteiger partial charge in [0.2, 0.25) is 11.8 Å². The summed E-state index contributed by atoms with van der Waals surface area (Å²) in [7, 11) is 3.76. The average molecular weight is 729 g/mol. The second-order valence-corrected chi connectivity index (χ2v) is 11.7. The van der Waals surface area contributed by atoms with Crippen LogP contribution in [0.5, 0.6) is 11.8 Å². The number of aryl methyl sites for hydroxylation is 2. The number of carbonyl (C=O) groups is 1. The molecule has 0 saturated heterocycles. The highest BCUT2D eigenvalue weighted by molar-refractivity contribution is 9.10. The quantitative estimate of drug-likeness (QED) is 0.193. The van der Waals surface area contributed by atoms with Crippen LogP contribution in [-0.4, -0.2) is 57.6 Å². The van der Waals surface area contributed by atoms with Gasteiger partial charge < -0.3 is 25.3 Å². The summed E-state index contributed by atoms with van der Waals surface area (Å²) < 4.78 is 21.8. The van der Waals surface area contributed by atoms with E-state index in [9.17, 15) is 4.79 Å². The van der Waals surface area contributed by atoms with E-state index in [4.69, 9.17) is 19.9 Å². The fourth-order valence-electron chi connectivity index (χ4n) is 3.59. The van der Waals surface area contributed by atoms with Gasteiger partial charge in [0.1, 0.15) is 18.8 Å². The molecule has 0 bridgehead atoms. The van der Waals surface area contributed by atoms with Gasteiger partial charge in [0.15, 0.2) is 0 Å². The summed E-state index contributed by atoms with van der Waals surface area (Å²) in [5.41, 5.74) is 9.00. The number of hydrogen-bond donors (Lipinski definition) is 2. The molecule has 0 saturated carbocycles. The Labute approximate surface area is 269 Å². The van der Waals surface area contributed by atoms with E-state index in [1.807, 2.05) is 95.5 Å². The van der Waals surface area contributed by atoms with E-state index in [1.54, 1.807) is 9.36 Å². The van der Waals surface area contributed by atoms with Crippen molar-refractivity contribution in [3.05, 3.63) is 69.6 Å². The van der Waals surface area contributed by atoms with E-state index < -0.39 is 11.7 Å². The van der Waals surface area contributed by atoms with Crippen molar-refractivity contribution in [1.29, 1.82) is 0 Å².